The molecule has 5 nitrogen and oxygen atoms in total. The Morgan fingerprint density at radius 1 is 1.47 bits per heavy atom. The Bertz CT molecular complexity index is 482. The summed E-state index contributed by atoms with van der Waals surface area (Å²) in [6.45, 7) is 3.59. The fourth-order valence-corrected chi connectivity index (χ4v) is 1.62. The molecule has 0 aliphatic carbocycles. The summed E-state index contributed by atoms with van der Waals surface area (Å²) in [5.41, 5.74) is 0.938. The van der Waals surface area contributed by atoms with Gasteiger partial charge in [-0.25, -0.2) is 0 Å². The number of para-hydroxylation sites is 1. The van der Waals surface area contributed by atoms with E-state index in [0.29, 0.717) is 11.3 Å². The average molecular weight is 261 g/mol. The van der Waals surface area contributed by atoms with Crippen molar-refractivity contribution in [1.82, 2.24) is 4.90 Å². The van der Waals surface area contributed by atoms with Gasteiger partial charge in [0.25, 0.3) is 0 Å². The first-order valence-electron chi connectivity index (χ1n) is 6.14. The number of carbonyl (C=O) groups excluding carboxylic acids is 1. The summed E-state index contributed by atoms with van der Waals surface area (Å²) < 4.78 is 0. The molecule has 2 atom stereocenters. The predicted octanol–water partition coefficient (Wildman–Crippen LogP) is 1.20. The first-order valence-corrected chi connectivity index (χ1v) is 6.14. The predicted molar refractivity (Wildman–Crippen MR) is 73.6 cm³/mol. The molecule has 0 saturated carbocycles. The van der Waals surface area contributed by atoms with Crippen molar-refractivity contribution >= 4 is 11.6 Å². The van der Waals surface area contributed by atoms with Crippen molar-refractivity contribution in [2.45, 2.75) is 25.9 Å². The maximum atomic E-state index is 12.1. The van der Waals surface area contributed by atoms with Crippen molar-refractivity contribution in [2.75, 3.05) is 19.0 Å². The van der Waals surface area contributed by atoms with E-state index in [1.807, 2.05) is 13.0 Å². The van der Waals surface area contributed by atoms with Crippen LogP contribution >= 0.6 is 0 Å². The summed E-state index contributed by atoms with van der Waals surface area (Å²) >= 11 is 0. The highest BCUT2D eigenvalue weighted by molar-refractivity contribution is 5.95. The van der Waals surface area contributed by atoms with E-state index in [4.69, 9.17) is 10.4 Å². The molecule has 2 unspecified atom stereocenters. The fourth-order valence-electron chi connectivity index (χ4n) is 1.62. The number of aliphatic hydroxyl groups is 1. The molecular formula is C14H19N3O2. The summed E-state index contributed by atoms with van der Waals surface area (Å²) in [7, 11) is 1.78. The van der Waals surface area contributed by atoms with Gasteiger partial charge in [0.2, 0.25) is 5.91 Å². The number of rotatable bonds is 5. The average Bonchev–Trinajstić information content (AvgIpc) is 2.45. The van der Waals surface area contributed by atoms with E-state index in [-0.39, 0.29) is 18.6 Å². The van der Waals surface area contributed by atoms with Crippen LogP contribution in [-0.4, -0.2) is 41.7 Å². The quantitative estimate of drug-likeness (QED) is 0.835. The standard InChI is InChI=1S/C14H19N3O2/c1-10(9-18)17(3)11(2)14(19)16-13-7-5-4-6-12(13)8-15/h4-7,10-11,18H,9H2,1-3H3,(H,16,19). The summed E-state index contributed by atoms with van der Waals surface area (Å²) in [6.07, 6.45) is 0. The molecule has 0 radical (unpaired) electrons. The van der Waals surface area contributed by atoms with Gasteiger partial charge >= 0.3 is 0 Å². The summed E-state index contributed by atoms with van der Waals surface area (Å²) in [4.78, 5) is 13.9. The van der Waals surface area contributed by atoms with Crippen LogP contribution in [0.25, 0.3) is 0 Å². The SMILES string of the molecule is CC(CO)N(C)C(C)C(=O)Nc1ccccc1C#N. The molecule has 0 heterocycles. The van der Waals surface area contributed by atoms with Crippen molar-refractivity contribution in [3.05, 3.63) is 29.8 Å². The number of amides is 1. The molecule has 0 bridgehead atoms. The van der Waals surface area contributed by atoms with Crippen LogP contribution in [0.2, 0.25) is 0 Å². The van der Waals surface area contributed by atoms with Gasteiger partial charge in [-0.2, -0.15) is 5.26 Å². The highest BCUT2D eigenvalue weighted by Gasteiger charge is 2.22. The fraction of sp³-hybridized carbons (Fsp3) is 0.429. The summed E-state index contributed by atoms with van der Waals surface area (Å²) in [6, 6.07) is 8.39. The Labute approximate surface area is 113 Å². The number of nitrogens with zero attached hydrogens (tertiary/aromatic N) is 2. The van der Waals surface area contributed by atoms with E-state index in [0.717, 1.165) is 0 Å². The number of benzene rings is 1. The molecule has 102 valence electrons. The molecule has 1 aromatic carbocycles. The molecule has 0 aromatic heterocycles. The van der Waals surface area contributed by atoms with Crippen molar-refractivity contribution in [1.29, 1.82) is 5.26 Å². The third-order valence-electron chi connectivity index (χ3n) is 3.26. The van der Waals surface area contributed by atoms with Crippen LogP contribution in [0.1, 0.15) is 19.4 Å². The maximum Gasteiger partial charge on any atom is 0.241 e. The molecule has 5 heteroatoms. The third-order valence-corrected chi connectivity index (χ3v) is 3.26. The van der Waals surface area contributed by atoms with E-state index < -0.39 is 6.04 Å². The zero-order valence-electron chi connectivity index (χ0n) is 11.4. The van der Waals surface area contributed by atoms with Gasteiger partial charge in [0.05, 0.1) is 23.9 Å². The topological polar surface area (TPSA) is 76.4 Å². The maximum absolute atomic E-state index is 12.1. The van der Waals surface area contributed by atoms with Crippen LogP contribution in [0.3, 0.4) is 0 Å². The van der Waals surface area contributed by atoms with E-state index >= 15 is 0 Å². The highest BCUT2D eigenvalue weighted by Crippen LogP contribution is 2.14. The zero-order valence-corrected chi connectivity index (χ0v) is 11.4. The van der Waals surface area contributed by atoms with Crippen molar-refractivity contribution < 1.29 is 9.90 Å². The van der Waals surface area contributed by atoms with Gasteiger partial charge in [0.15, 0.2) is 0 Å². The number of carbonyl (C=O) groups is 1. The molecule has 0 aliphatic heterocycles. The lowest BCUT2D eigenvalue weighted by Crippen LogP contribution is -2.45. The van der Waals surface area contributed by atoms with Crippen LogP contribution in [-0.2, 0) is 4.79 Å². The van der Waals surface area contributed by atoms with E-state index in [9.17, 15) is 4.79 Å². The number of hydrogen-bond donors (Lipinski definition) is 2. The summed E-state index contributed by atoms with van der Waals surface area (Å²) in [5.74, 6) is -0.203. The Kier molecular flexibility index (Phi) is 5.49. The van der Waals surface area contributed by atoms with Crippen LogP contribution in [0, 0.1) is 11.3 Å². The Balaban J connectivity index is 2.77. The molecule has 2 N–H and O–H groups in total. The van der Waals surface area contributed by atoms with Crippen molar-refractivity contribution in [3.8, 4) is 6.07 Å². The minimum atomic E-state index is -0.395. The lowest BCUT2D eigenvalue weighted by molar-refractivity contribution is -0.121. The first kappa shape index (κ1) is 15.2. The molecule has 0 aliphatic rings. The van der Waals surface area contributed by atoms with Crippen LogP contribution in [0.15, 0.2) is 24.3 Å². The molecule has 0 fully saturated rings. The van der Waals surface area contributed by atoms with Gasteiger partial charge in [-0.3, -0.25) is 9.69 Å². The minimum absolute atomic E-state index is 0.0110. The number of nitriles is 1. The second-order valence-corrected chi connectivity index (χ2v) is 4.52. The number of anilines is 1. The molecule has 1 amide bonds. The van der Waals surface area contributed by atoms with E-state index in [1.54, 1.807) is 43.1 Å². The summed E-state index contributed by atoms with van der Waals surface area (Å²) in [5, 5.41) is 20.8. The van der Waals surface area contributed by atoms with E-state index in [1.165, 1.54) is 0 Å². The number of likely N-dealkylation sites (N-methyl/N-ethyl adjacent to an activating group) is 1. The van der Waals surface area contributed by atoms with Gasteiger partial charge in [0, 0.05) is 6.04 Å². The molecule has 1 rings (SSSR count). The Hall–Kier alpha value is -1.90. The highest BCUT2D eigenvalue weighted by atomic mass is 16.3. The monoisotopic (exact) mass is 261 g/mol. The largest absolute Gasteiger partial charge is 0.395 e. The van der Waals surface area contributed by atoms with E-state index in [2.05, 4.69) is 5.32 Å². The number of hydrogen-bond acceptors (Lipinski definition) is 4. The first-order chi connectivity index (χ1) is 9.01. The second-order valence-electron chi connectivity index (χ2n) is 4.52. The zero-order chi connectivity index (χ0) is 14.4. The lowest BCUT2D eigenvalue weighted by atomic mass is 10.1. The Morgan fingerprint density at radius 2 is 2.11 bits per heavy atom. The molecule has 0 saturated heterocycles. The van der Waals surface area contributed by atoms with Crippen molar-refractivity contribution in [2.24, 2.45) is 0 Å². The molecule has 0 spiro atoms. The number of nitrogens with one attached hydrogen (secondary N) is 1. The van der Waals surface area contributed by atoms with Crippen LogP contribution < -0.4 is 5.32 Å². The second kappa shape index (κ2) is 6.88. The van der Waals surface area contributed by atoms with Gasteiger partial charge < -0.3 is 10.4 Å². The lowest BCUT2D eigenvalue weighted by Gasteiger charge is -2.28. The molecule has 1 aromatic rings. The smallest absolute Gasteiger partial charge is 0.241 e. The van der Waals surface area contributed by atoms with Gasteiger partial charge in [-0.15, -0.1) is 0 Å². The normalized spacial score (nSPS) is 13.7. The Morgan fingerprint density at radius 3 is 2.68 bits per heavy atom. The minimum Gasteiger partial charge on any atom is -0.395 e. The van der Waals surface area contributed by atoms with Gasteiger partial charge in [-0.1, -0.05) is 12.1 Å². The molecular weight excluding hydrogens is 242 g/mol. The van der Waals surface area contributed by atoms with Crippen LogP contribution in [0.4, 0.5) is 5.69 Å². The van der Waals surface area contributed by atoms with Gasteiger partial charge in [0.1, 0.15) is 6.07 Å². The van der Waals surface area contributed by atoms with Gasteiger partial charge in [-0.05, 0) is 33.0 Å². The third kappa shape index (κ3) is 3.78. The van der Waals surface area contributed by atoms with Crippen molar-refractivity contribution in [3.63, 3.8) is 0 Å². The molecule has 19 heavy (non-hydrogen) atoms. The number of aliphatic hydroxyl groups excluding tert-OH is 1. The van der Waals surface area contributed by atoms with Crippen LogP contribution in [0.5, 0.6) is 0 Å².